The Morgan fingerprint density at radius 3 is 2.71 bits per heavy atom. The lowest BCUT2D eigenvalue weighted by Gasteiger charge is -2.03. The molecule has 0 unspecified atom stereocenters. The van der Waals surface area contributed by atoms with Gasteiger partial charge in [0.2, 0.25) is 0 Å². The fourth-order valence-corrected chi connectivity index (χ4v) is 1.39. The third-order valence-corrected chi connectivity index (χ3v) is 2.46. The molecule has 0 bridgehead atoms. The molecule has 0 N–H and O–H groups in total. The van der Waals surface area contributed by atoms with Gasteiger partial charge in [-0.05, 0) is 37.6 Å². The molecule has 0 saturated carbocycles. The predicted molar refractivity (Wildman–Crippen MR) is 56.9 cm³/mol. The van der Waals surface area contributed by atoms with Gasteiger partial charge in [-0.3, -0.25) is 0 Å². The van der Waals surface area contributed by atoms with E-state index in [1.807, 2.05) is 38.1 Å². The molecule has 14 heavy (non-hydrogen) atoms. The molecule has 3 heteroatoms. The van der Waals surface area contributed by atoms with Crippen LogP contribution in [0.2, 0.25) is 5.02 Å². The molecule has 0 aliphatic rings. The largest absolute Gasteiger partial charge is 0.231 e. The van der Waals surface area contributed by atoms with Crippen molar-refractivity contribution in [1.29, 1.82) is 0 Å². The fourth-order valence-electron chi connectivity index (χ4n) is 1.22. The second-order valence-corrected chi connectivity index (χ2v) is 3.67. The summed E-state index contributed by atoms with van der Waals surface area (Å²) in [5, 5.41) is 5.01. The first-order chi connectivity index (χ1) is 6.66. The van der Waals surface area contributed by atoms with Crippen molar-refractivity contribution in [1.82, 2.24) is 9.78 Å². The van der Waals surface area contributed by atoms with Gasteiger partial charge in [-0.1, -0.05) is 17.7 Å². The van der Waals surface area contributed by atoms with Crippen LogP contribution in [0.15, 0.2) is 24.3 Å². The summed E-state index contributed by atoms with van der Waals surface area (Å²) >= 11 is 6.02. The molecular formula is C11H10ClN2. The normalized spacial score (nSPS) is 10.5. The molecule has 0 aliphatic heterocycles. The zero-order valence-corrected chi connectivity index (χ0v) is 8.84. The average molecular weight is 206 g/mol. The third-order valence-electron chi connectivity index (χ3n) is 2.05. The molecule has 0 aliphatic carbocycles. The van der Waals surface area contributed by atoms with Crippen LogP contribution in [0.4, 0.5) is 0 Å². The molecule has 71 valence electrons. The zero-order valence-electron chi connectivity index (χ0n) is 8.08. The molecular weight excluding hydrogens is 196 g/mol. The van der Waals surface area contributed by atoms with E-state index in [0.717, 1.165) is 22.0 Å². The molecule has 0 amide bonds. The summed E-state index contributed by atoms with van der Waals surface area (Å²) in [4.78, 5) is 0. The minimum absolute atomic E-state index is 0.754. The quantitative estimate of drug-likeness (QED) is 0.700. The number of nitrogens with zero attached hydrogens (tertiary/aromatic N) is 2. The summed E-state index contributed by atoms with van der Waals surface area (Å²) in [6.45, 7) is 3.91. The Morgan fingerprint density at radius 2 is 2.14 bits per heavy atom. The van der Waals surface area contributed by atoms with E-state index in [0.29, 0.717) is 0 Å². The maximum atomic E-state index is 6.02. The molecule has 2 aromatic rings. The van der Waals surface area contributed by atoms with Crippen molar-refractivity contribution in [3.63, 3.8) is 0 Å². The monoisotopic (exact) mass is 205 g/mol. The summed E-state index contributed by atoms with van der Waals surface area (Å²) in [5.74, 6) is 0. The van der Waals surface area contributed by atoms with Crippen LogP contribution in [-0.4, -0.2) is 9.78 Å². The van der Waals surface area contributed by atoms with Gasteiger partial charge in [-0.2, -0.15) is 5.10 Å². The van der Waals surface area contributed by atoms with Gasteiger partial charge < -0.3 is 0 Å². The topological polar surface area (TPSA) is 17.8 Å². The van der Waals surface area contributed by atoms with Crippen LogP contribution in [0, 0.1) is 20.0 Å². The van der Waals surface area contributed by atoms with Crippen molar-refractivity contribution in [2.45, 2.75) is 13.8 Å². The summed E-state index contributed by atoms with van der Waals surface area (Å²) in [7, 11) is 0. The van der Waals surface area contributed by atoms with Gasteiger partial charge in [-0.25, -0.2) is 4.68 Å². The first kappa shape index (κ1) is 9.28. The van der Waals surface area contributed by atoms with Crippen LogP contribution in [0.25, 0.3) is 5.69 Å². The van der Waals surface area contributed by atoms with Crippen molar-refractivity contribution < 1.29 is 0 Å². The van der Waals surface area contributed by atoms with Crippen LogP contribution < -0.4 is 0 Å². The lowest BCUT2D eigenvalue weighted by Crippen LogP contribution is -1.95. The highest BCUT2D eigenvalue weighted by Crippen LogP contribution is 2.18. The fraction of sp³-hybridized carbons (Fsp3) is 0.182. The van der Waals surface area contributed by atoms with E-state index in [1.54, 1.807) is 4.68 Å². The van der Waals surface area contributed by atoms with E-state index in [4.69, 9.17) is 11.6 Å². The second-order valence-electron chi connectivity index (χ2n) is 3.26. The molecule has 1 aromatic heterocycles. The van der Waals surface area contributed by atoms with E-state index in [9.17, 15) is 0 Å². The standard InChI is InChI=1S/C11H10ClN2/c1-8-3-4-10(7-11(8)12)14-6-5-9(2)13-14/h3-5,7H,1-2H3. The molecule has 2 rings (SSSR count). The number of hydrogen-bond acceptors (Lipinski definition) is 1. The molecule has 1 aromatic carbocycles. The second kappa shape index (κ2) is 3.46. The summed E-state index contributed by atoms with van der Waals surface area (Å²) in [6.07, 6.45) is 3.02. The van der Waals surface area contributed by atoms with Gasteiger partial charge in [0.15, 0.2) is 0 Å². The number of benzene rings is 1. The Kier molecular flexibility index (Phi) is 2.30. The van der Waals surface area contributed by atoms with Crippen LogP contribution in [0.1, 0.15) is 11.3 Å². The van der Waals surface area contributed by atoms with Crippen molar-refractivity contribution in [2.24, 2.45) is 0 Å². The molecule has 0 fully saturated rings. The van der Waals surface area contributed by atoms with Gasteiger partial charge in [0, 0.05) is 5.02 Å². The Hall–Kier alpha value is -1.28. The SMILES string of the molecule is Cc1c[c]n(-c2ccc(C)c(Cl)c2)n1. The number of halogens is 1. The average Bonchev–Trinajstić information content (AvgIpc) is 2.57. The van der Waals surface area contributed by atoms with E-state index in [1.165, 1.54) is 0 Å². The van der Waals surface area contributed by atoms with Gasteiger partial charge >= 0.3 is 0 Å². The van der Waals surface area contributed by atoms with E-state index < -0.39 is 0 Å². The highest BCUT2D eigenvalue weighted by Gasteiger charge is 2.01. The molecule has 0 spiro atoms. The van der Waals surface area contributed by atoms with Gasteiger partial charge in [-0.15, -0.1) is 0 Å². The smallest absolute Gasteiger partial charge is 0.0929 e. The Bertz CT molecular complexity index is 460. The van der Waals surface area contributed by atoms with Crippen molar-refractivity contribution in [3.8, 4) is 5.69 Å². The third kappa shape index (κ3) is 1.66. The zero-order chi connectivity index (χ0) is 10.1. The molecule has 0 atom stereocenters. The van der Waals surface area contributed by atoms with Crippen molar-refractivity contribution in [3.05, 3.63) is 46.7 Å². The van der Waals surface area contributed by atoms with Gasteiger partial charge in [0.1, 0.15) is 0 Å². The number of rotatable bonds is 1. The maximum absolute atomic E-state index is 6.02. The van der Waals surface area contributed by atoms with Gasteiger partial charge in [0.25, 0.3) is 0 Å². The maximum Gasteiger partial charge on any atom is 0.0929 e. The van der Waals surface area contributed by atoms with Crippen LogP contribution >= 0.6 is 11.6 Å². The van der Waals surface area contributed by atoms with E-state index in [-0.39, 0.29) is 0 Å². The predicted octanol–water partition coefficient (Wildman–Crippen LogP) is 2.94. The van der Waals surface area contributed by atoms with Crippen LogP contribution in [-0.2, 0) is 0 Å². The number of hydrogen-bond donors (Lipinski definition) is 0. The summed E-state index contributed by atoms with van der Waals surface area (Å²) < 4.78 is 1.70. The lowest BCUT2D eigenvalue weighted by atomic mass is 10.2. The minimum atomic E-state index is 0.754. The highest BCUT2D eigenvalue weighted by molar-refractivity contribution is 6.31. The first-order valence-electron chi connectivity index (χ1n) is 4.38. The molecule has 1 heterocycles. The first-order valence-corrected chi connectivity index (χ1v) is 4.75. The molecule has 0 saturated heterocycles. The van der Waals surface area contributed by atoms with E-state index in [2.05, 4.69) is 11.3 Å². The summed E-state index contributed by atoms with van der Waals surface area (Å²) in [5.41, 5.74) is 2.95. The molecule has 1 radical (unpaired) electrons. The number of aryl methyl sites for hydroxylation is 2. The van der Waals surface area contributed by atoms with Crippen molar-refractivity contribution in [2.75, 3.05) is 0 Å². The van der Waals surface area contributed by atoms with Crippen LogP contribution in [0.5, 0.6) is 0 Å². The van der Waals surface area contributed by atoms with Crippen LogP contribution in [0.3, 0.4) is 0 Å². The molecule has 2 nitrogen and oxygen atoms in total. The highest BCUT2D eigenvalue weighted by atomic mass is 35.5. The Balaban J connectivity index is 2.47. The summed E-state index contributed by atoms with van der Waals surface area (Å²) in [6, 6.07) is 7.68. The Morgan fingerprint density at radius 1 is 1.36 bits per heavy atom. The van der Waals surface area contributed by atoms with Gasteiger partial charge in [0.05, 0.1) is 17.6 Å². The minimum Gasteiger partial charge on any atom is -0.231 e. The number of aromatic nitrogens is 2. The van der Waals surface area contributed by atoms with E-state index >= 15 is 0 Å². The Labute approximate surface area is 88.1 Å². The lowest BCUT2D eigenvalue weighted by molar-refractivity contribution is 0.856. The van der Waals surface area contributed by atoms with Crippen molar-refractivity contribution >= 4 is 11.6 Å².